The lowest BCUT2D eigenvalue weighted by atomic mass is 9.47. The molecule has 0 aromatic carbocycles. The first-order valence-electron chi connectivity index (χ1n) is 10.9. The predicted molar refractivity (Wildman–Crippen MR) is 111 cm³/mol. The molecule has 1 saturated heterocycles. The first-order chi connectivity index (χ1) is 13.5. The molecule has 0 unspecified atom stereocenters. The Labute approximate surface area is 174 Å². The first kappa shape index (κ1) is 22.1. The highest BCUT2D eigenvalue weighted by molar-refractivity contribution is 5.67. The van der Waals surface area contributed by atoms with Gasteiger partial charge in [-0.25, -0.2) is 0 Å². The maximum absolute atomic E-state index is 11.4. The van der Waals surface area contributed by atoms with E-state index in [0.29, 0.717) is 23.7 Å². The second-order valence-corrected chi connectivity index (χ2v) is 10.1. The second-order valence-electron chi connectivity index (χ2n) is 10.1. The van der Waals surface area contributed by atoms with Gasteiger partial charge in [0.15, 0.2) is 0 Å². The van der Waals surface area contributed by atoms with Crippen LogP contribution in [0.15, 0.2) is 24.0 Å². The third-order valence-electron chi connectivity index (χ3n) is 7.57. The van der Waals surface area contributed by atoms with Crippen LogP contribution < -0.4 is 0 Å². The van der Waals surface area contributed by atoms with Crippen LogP contribution in [0.1, 0.15) is 79.6 Å². The average molecular weight is 405 g/mol. The number of allylic oxidation sites excluding steroid dienone is 1. The Hall–Kier alpha value is -1.62. The number of hydrogen-bond acceptors (Lipinski definition) is 5. The molecular formula is C24H36O5. The van der Waals surface area contributed by atoms with Crippen molar-refractivity contribution in [1.82, 2.24) is 0 Å². The monoisotopic (exact) mass is 404 g/mol. The summed E-state index contributed by atoms with van der Waals surface area (Å²) in [6.07, 6.45) is 7.83. The molecule has 162 valence electrons. The fourth-order valence-electron chi connectivity index (χ4n) is 6.31. The normalized spacial score (nSPS) is 37.8. The average Bonchev–Trinajstić information content (AvgIpc) is 2.96. The molecule has 5 atom stereocenters. The quantitative estimate of drug-likeness (QED) is 0.361. The number of rotatable bonds is 4. The first-order valence-corrected chi connectivity index (χ1v) is 10.9. The van der Waals surface area contributed by atoms with Crippen molar-refractivity contribution in [2.45, 2.75) is 92.0 Å². The Morgan fingerprint density at radius 1 is 1.21 bits per heavy atom. The van der Waals surface area contributed by atoms with Gasteiger partial charge < -0.3 is 14.2 Å². The van der Waals surface area contributed by atoms with E-state index in [4.69, 9.17) is 14.2 Å². The molecule has 0 aromatic rings. The summed E-state index contributed by atoms with van der Waals surface area (Å²) in [5.74, 6) is 0.259. The van der Waals surface area contributed by atoms with Gasteiger partial charge in [-0.2, -0.15) is 0 Å². The van der Waals surface area contributed by atoms with Crippen LogP contribution in [-0.2, 0) is 23.8 Å². The smallest absolute Gasteiger partial charge is 0.307 e. The predicted octanol–water partition coefficient (Wildman–Crippen LogP) is 5.30. The van der Waals surface area contributed by atoms with E-state index >= 15 is 0 Å². The maximum atomic E-state index is 11.4. The zero-order valence-electron chi connectivity index (χ0n) is 18.6. The molecule has 3 fully saturated rings. The summed E-state index contributed by atoms with van der Waals surface area (Å²) in [5.41, 5.74) is 2.69. The van der Waals surface area contributed by atoms with Gasteiger partial charge in [-0.15, -0.1) is 0 Å². The molecule has 5 nitrogen and oxygen atoms in total. The number of carbonyl (C=O) groups is 2. The molecule has 0 radical (unpaired) electrons. The van der Waals surface area contributed by atoms with Crippen LogP contribution in [0, 0.1) is 22.7 Å². The van der Waals surface area contributed by atoms with Crippen LogP contribution in [-0.4, -0.2) is 24.3 Å². The van der Waals surface area contributed by atoms with Crippen LogP contribution in [0.25, 0.3) is 0 Å². The van der Waals surface area contributed by atoms with Crippen molar-refractivity contribution < 1.29 is 23.8 Å². The molecule has 29 heavy (non-hydrogen) atoms. The minimum absolute atomic E-state index is 0.187. The van der Waals surface area contributed by atoms with Gasteiger partial charge in [-0.3, -0.25) is 9.59 Å². The van der Waals surface area contributed by atoms with Gasteiger partial charge in [0.25, 0.3) is 0 Å². The maximum Gasteiger partial charge on any atom is 0.307 e. The van der Waals surface area contributed by atoms with Crippen LogP contribution in [0.2, 0.25) is 0 Å². The molecule has 1 heterocycles. The number of carbonyl (C=O) groups excluding carboxylic acids is 2. The van der Waals surface area contributed by atoms with Crippen molar-refractivity contribution in [2.24, 2.45) is 22.7 Å². The molecule has 0 aromatic heterocycles. The highest BCUT2D eigenvalue weighted by Crippen LogP contribution is 2.62. The summed E-state index contributed by atoms with van der Waals surface area (Å²) >= 11 is 0. The molecule has 2 aliphatic carbocycles. The van der Waals surface area contributed by atoms with E-state index in [9.17, 15) is 9.59 Å². The van der Waals surface area contributed by atoms with Crippen LogP contribution in [0.4, 0.5) is 0 Å². The Morgan fingerprint density at radius 2 is 1.93 bits per heavy atom. The van der Waals surface area contributed by atoms with Gasteiger partial charge in [-0.05, 0) is 54.8 Å². The molecule has 0 bridgehead atoms. The third-order valence-corrected chi connectivity index (χ3v) is 7.57. The number of esters is 2. The Morgan fingerprint density at radius 3 is 2.59 bits per heavy atom. The molecule has 3 aliphatic rings. The molecule has 2 saturated carbocycles. The van der Waals surface area contributed by atoms with E-state index in [1.54, 1.807) is 0 Å². The van der Waals surface area contributed by atoms with Gasteiger partial charge in [-0.1, -0.05) is 39.3 Å². The zero-order valence-corrected chi connectivity index (χ0v) is 18.6. The standard InChI is InChI=1S/C24H36O5/c1-15-8-9-21-23(4,5)10-7-11-24(21,6)19(15)13-20-18(14-27-16(2)25)12-22(29-20)28-17(3)26/h14,19-22H,1,7-13H2,2-6H3/b18-14-/t19-,20-,21-,22+,24+/m0/s1. The van der Waals surface area contributed by atoms with Gasteiger partial charge in [0.1, 0.15) is 0 Å². The van der Waals surface area contributed by atoms with Crippen molar-refractivity contribution in [3.63, 3.8) is 0 Å². The molecule has 0 spiro atoms. The van der Waals surface area contributed by atoms with Gasteiger partial charge in [0.2, 0.25) is 6.29 Å². The van der Waals surface area contributed by atoms with E-state index < -0.39 is 6.29 Å². The zero-order chi connectivity index (χ0) is 21.4. The Kier molecular flexibility index (Phi) is 6.28. The van der Waals surface area contributed by atoms with Crippen molar-refractivity contribution in [2.75, 3.05) is 0 Å². The topological polar surface area (TPSA) is 61.8 Å². The highest BCUT2D eigenvalue weighted by atomic mass is 16.7. The van der Waals surface area contributed by atoms with Crippen LogP contribution in [0.3, 0.4) is 0 Å². The molecule has 1 aliphatic heterocycles. The van der Waals surface area contributed by atoms with Crippen LogP contribution >= 0.6 is 0 Å². The highest BCUT2D eigenvalue weighted by Gasteiger charge is 2.53. The number of ether oxygens (including phenoxy) is 3. The van der Waals surface area contributed by atoms with Crippen molar-refractivity contribution in [1.29, 1.82) is 0 Å². The van der Waals surface area contributed by atoms with Gasteiger partial charge >= 0.3 is 11.9 Å². The van der Waals surface area contributed by atoms with E-state index in [0.717, 1.165) is 18.4 Å². The molecule has 5 heteroatoms. The molecule has 0 N–H and O–H groups in total. The van der Waals surface area contributed by atoms with Gasteiger partial charge in [0.05, 0.1) is 12.4 Å². The van der Waals surface area contributed by atoms with Crippen LogP contribution in [0.5, 0.6) is 0 Å². The van der Waals surface area contributed by atoms with Crippen molar-refractivity contribution in [3.05, 3.63) is 24.0 Å². The fourth-order valence-corrected chi connectivity index (χ4v) is 6.31. The second kappa shape index (κ2) is 8.25. The summed E-state index contributed by atoms with van der Waals surface area (Å²) in [6.45, 7) is 14.5. The summed E-state index contributed by atoms with van der Waals surface area (Å²) in [7, 11) is 0. The fraction of sp³-hybridized carbons (Fsp3) is 0.750. The Bertz CT molecular complexity index is 706. The molecule has 0 amide bonds. The largest absolute Gasteiger partial charge is 0.436 e. The lowest BCUT2D eigenvalue weighted by Crippen LogP contribution is -2.50. The number of hydrogen-bond donors (Lipinski definition) is 0. The Balaban J connectivity index is 1.84. The van der Waals surface area contributed by atoms with E-state index in [2.05, 4.69) is 27.4 Å². The number of fused-ring (bicyclic) bond motifs is 1. The summed E-state index contributed by atoms with van der Waals surface area (Å²) < 4.78 is 16.5. The van der Waals surface area contributed by atoms with Gasteiger partial charge in [0, 0.05) is 25.8 Å². The summed E-state index contributed by atoms with van der Waals surface area (Å²) in [5, 5.41) is 0. The van der Waals surface area contributed by atoms with Crippen molar-refractivity contribution in [3.8, 4) is 0 Å². The summed E-state index contributed by atoms with van der Waals surface area (Å²) in [6, 6.07) is 0. The summed E-state index contributed by atoms with van der Waals surface area (Å²) in [4.78, 5) is 22.7. The lowest BCUT2D eigenvalue weighted by molar-refractivity contribution is -0.174. The molecule has 3 rings (SSSR count). The van der Waals surface area contributed by atoms with E-state index in [-0.39, 0.29) is 23.5 Å². The van der Waals surface area contributed by atoms with Crippen molar-refractivity contribution >= 4 is 11.9 Å². The molecular weight excluding hydrogens is 368 g/mol. The SMILES string of the molecule is C=C1CC[C@H]2C(C)(C)CCC[C@]2(C)[C@H]1C[C@@H]1O[C@@H](OC(C)=O)C/C1=C/OC(C)=O. The minimum Gasteiger partial charge on any atom is -0.436 e. The third kappa shape index (κ3) is 4.60. The minimum atomic E-state index is -0.623. The van der Waals surface area contributed by atoms with E-state index in [1.807, 2.05) is 0 Å². The van der Waals surface area contributed by atoms with E-state index in [1.165, 1.54) is 51.4 Å². The lowest BCUT2D eigenvalue weighted by Gasteiger charge is -2.58.